The van der Waals surface area contributed by atoms with E-state index in [1.54, 1.807) is 14.2 Å². The quantitative estimate of drug-likeness (QED) is 0.355. The Hall–Kier alpha value is -3.84. The van der Waals surface area contributed by atoms with Crippen LogP contribution in [0.3, 0.4) is 0 Å². The second-order valence-electron chi connectivity index (χ2n) is 8.53. The number of nitrogens with one attached hydrogen (secondary N) is 1. The van der Waals surface area contributed by atoms with Crippen LogP contribution in [0.2, 0.25) is 0 Å². The zero-order valence-corrected chi connectivity index (χ0v) is 21.0. The number of hydrogen-bond acceptors (Lipinski definition) is 4. The minimum atomic E-state index is -0.139. The maximum atomic E-state index is 5.92. The van der Waals surface area contributed by atoms with E-state index in [2.05, 4.69) is 63.9 Å². The predicted molar refractivity (Wildman–Crippen MR) is 143 cm³/mol. The van der Waals surface area contributed by atoms with Crippen molar-refractivity contribution in [2.75, 3.05) is 19.1 Å². The van der Waals surface area contributed by atoms with E-state index in [-0.39, 0.29) is 12.1 Å². The summed E-state index contributed by atoms with van der Waals surface area (Å²) in [6, 6.07) is 24.2. The van der Waals surface area contributed by atoms with Gasteiger partial charge in [0.1, 0.15) is 11.5 Å². The monoisotopic (exact) mass is 484 g/mol. The molecular weight excluding hydrogens is 456 g/mol. The Kier molecular flexibility index (Phi) is 6.17. The lowest BCUT2D eigenvalue weighted by atomic mass is 9.96. The van der Waals surface area contributed by atoms with E-state index in [1.165, 1.54) is 5.56 Å². The van der Waals surface area contributed by atoms with Gasteiger partial charge < -0.3 is 24.3 Å². The normalized spacial score (nSPS) is 17.4. The van der Waals surface area contributed by atoms with Crippen molar-refractivity contribution < 1.29 is 9.47 Å². The van der Waals surface area contributed by atoms with Gasteiger partial charge >= 0.3 is 0 Å². The van der Waals surface area contributed by atoms with Crippen molar-refractivity contribution in [3.05, 3.63) is 102 Å². The molecule has 1 aliphatic heterocycles. The fourth-order valence-corrected chi connectivity index (χ4v) is 5.31. The highest BCUT2D eigenvalue weighted by Crippen LogP contribution is 2.46. The largest absolute Gasteiger partial charge is 0.497 e. The molecule has 0 spiro atoms. The van der Waals surface area contributed by atoms with Crippen molar-refractivity contribution in [1.29, 1.82) is 0 Å². The average Bonchev–Trinajstić information content (AvgIpc) is 3.39. The van der Waals surface area contributed by atoms with Crippen LogP contribution in [0, 0.1) is 13.8 Å². The molecule has 0 aliphatic carbocycles. The number of anilines is 1. The zero-order chi connectivity index (χ0) is 24.5. The molecule has 1 aliphatic rings. The smallest absolute Gasteiger partial charge is 0.174 e. The molecular formula is C28H28N4O2S. The molecule has 3 heterocycles. The number of ether oxygens (including phenoxy) is 2. The molecule has 2 atom stereocenters. The third kappa shape index (κ3) is 4.02. The Labute approximate surface area is 211 Å². The summed E-state index contributed by atoms with van der Waals surface area (Å²) in [4.78, 5) is 6.82. The van der Waals surface area contributed by atoms with Crippen LogP contribution in [0.5, 0.6) is 11.5 Å². The first-order chi connectivity index (χ1) is 17.0. The van der Waals surface area contributed by atoms with Crippen LogP contribution in [-0.4, -0.2) is 28.9 Å². The number of para-hydroxylation sites is 1. The van der Waals surface area contributed by atoms with Crippen molar-refractivity contribution in [2.45, 2.75) is 25.9 Å². The van der Waals surface area contributed by atoms with Gasteiger partial charge in [0.25, 0.3) is 0 Å². The molecule has 7 heteroatoms. The molecule has 0 bridgehead atoms. The first kappa shape index (κ1) is 22.9. The van der Waals surface area contributed by atoms with Gasteiger partial charge in [0.15, 0.2) is 5.11 Å². The van der Waals surface area contributed by atoms with Gasteiger partial charge in [0, 0.05) is 29.3 Å². The number of methoxy groups -OCH3 is 2. The first-order valence-electron chi connectivity index (χ1n) is 11.5. The molecule has 0 radical (unpaired) electrons. The topological polar surface area (TPSA) is 51.5 Å². The summed E-state index contributed by atoms with van der Waals surface area (Å²) in [7, 11) is 3.31. The molecule has 4 aromatic rings. The SMILES string of the molecule is COc1ccc(N2C(=S)NC(c3ccccn3)C2c2cc(C)n(-c3ccccc3)c2C)c(OC)c1. The van der Waals surface area contributed by atoms with Gasteiger partial charge in [-0.3, -0.25) is 4.98 Å². The lowest BCUT2D eigenvalue weighted by Crippen LogP contribution is -2.30. The fourth-order valence-electron chi connectivity index (χ4n) is 4.98. The van der Waals surface area contributed by atoms with Crippen molar-refractivity contribution in [3.8, 4) is 17.2 Å². The lowest BCUT2D eigenvalue weighted by molar-refractivity contribution is 0.394. The molecule has 1 saturated heterocycles. The number of nitrogens with zero attached hydrogens (tertiary/aromatic N) is 3. The molecule has 178 valence electrons. The zero-order valence-electron chi connectivity index (χ0n) is 20.2. The summed E-state index contributed by atoms with van der Waals surface area (Å²) in [5.41, 5.74) is 6.42. The summed E-state index contributed by atoms with van der Waals surface area (Å²) < 4.78 is 13.5. The third-order valence-corrected chi connectivity index (χ3v) is 6.86. The van der Waals surface area contributed by atoms with E-state index >= 15 is 0 Å². The number of aryl methyl sites for hydroxylation is 1. The van der Waals surface area contributed by atoms with Crippen LogP contribution in [-0.2, 0) is 0 Å². The maximum Gasteiger partial charge on any atom is 0.174 e. The Morgan fingerprint density at radius 2 is 1.69 bits per heavy atom. The molecule has 1 fully saturated rings. The number of thiocarbonyl (C=S) groups is 1. The molecule has 0 saturated carbocycles. The molecule has 2 aromatic carbocycles. The summed E-state index contributed by atoms with van der Waals surface area (Å²) in [6.07, 6.45) is 1.82. The van der Waals surface area contributed by atoms with Gasteiger partial charge in [-0.15, -0.1) is 0 Å². The van der Waals surface area contributed by atoms with Gasteiger partial charge in [-0.1, -0.05) is 24.3 Å². The second kappa shape index (κ2) is 9.43. The highest BCUT2D eigenvalue weighted by Gasteiger charge is 2.43. The van der Waals surface area contributed by atoms with Gasteiger partial charge in [-0.2, -0.15) is 0 Å². The van der Waals surface area contributed by atoms with Crippen molar-refractivity contribution in [3.63, 3.8) is 0 Å². The van der Waals surface area contributed by atoms with Gasteiger partial charge in [0.05, 0.1) is 37.7 Å². The summed E-state index contributed by atoms with van der Waals surface area (Å²) in [6.45, 7) is 4.30. The summed E-state index contributed by atoms with van der Waals surface area (Å²) in [5, 5.41) is 4.17. The van der Waals surface area contributed by atoms with E-state index in [4.69, 9.17) is 21.7 Å². The fraction of sp³-hybridized carbons (Fsp3) is 0.214. The second-order valence-corrected chi connectivity index (χ2v) is 8.92. The number of aromatic nitrogens is 2. The van der Waals surface area contributed by atoms with E-state index in [0.29, 0.717) is 10.9 Å². The number of pyridine rings is 1. The van der Waals surface area contributed by atoms with E-state index in [9.17, 15) is 0 Å². The van der Waals surface area contributed by atoms with Crippen molar-refractivity contribution >= 4 is 23.0 Å². The lowest BCUT2D eigenvalue weighted by Gasteiger charge is -2.29. The van der Waals surface area contributed by atoms with Crippen LogP contribution in [0.25, 0.3) is 5.69 Å². The van der Waals surface area contributed by atoms with E-state index in [0.717, 1.165) is 34.2 Å². The number of hydrogen-bond donors (Lipinski definition) is 1. The number of rotatable bonds is 6. The molecule has 35 heavy (non-hydrogen) atoms. The van der Waals surface area contributed by atoms with Gasteiger partial charge in [0.2, 0.25) is 0 Å². The Bertz CT molecular complexity index is 1350. The first-order valence-corrected chi connectivity index (χ1v) is 11.9. The standard InChI is InChI=1S/C28H28N4O2S/c1-18-16-22(19(2)31(18)20-10-6-5-7-11-20)27-26(23-12-8-9-15-29-23)30-28(35)32(27)24-14-13-21(33-3)17-25(24)34-4/h5-17,26-27H,1-4H3,(H,30,35). The van der Waals surface area contributed by atoms with Gasteiger partial charge in [-0.05, 0) is 74.1 Å². The predicted octanol–water partition coefficient (Wildman–Crippen LogP) is 5.68. The Morgan fingerprint density at radius 3 is 2.37 bits per heavy atom. The Morgan fingerprint density at radius 1 is 0.914 bits per heavy atom. The van der Waals surface area contributed by atoms with Crippen LogP contribution in [0.1, 0.15) is 34.7 Å². The van der Waals surface area contributed by atoms with E-state index < -0.39 is 0 Å². The third-order valence-electron chi connectivity index (χ3n) is 6.55. The average molecular weight is 485 g/mol. The van der Waals surface area contributed by atoms with E-state index in [1.807, 2.05) is 48.7 Å². The Balaban J connectivity index is 1.70. The molecule has 2 unspecified atom stereocenters. The minimum absolute atomic E-state index is 0.136. The van der Waals surface area contributed by atoms with Crippen LogP contribution >= 0.6 is 12.2 Å². The molecule has 0 amide bonds. The van der Waals surface area contributed by atoms with Crippen LogP contribution in [0.15, 0.2) is 79.0 Å². The van der Waals surface area contributed by atoms with Crippen LogP contribution < -0.4 is 19.7 Å². The molecule has 2 aromatic heterocycles. The van der Waals surface area contributed by atoms with Crippen molar-refractivity contribution in [1.82, 2.24) is 14.9 Å². The minimum Gasteiger partial charge on any atom is -0.497 e. The highest BCUT2D eigenvalue weighted by molar-refractivity contribution is 7.80. The summed E-state index contributed by atoms with van der Waals surface area (Å²) in [5.74, 6) is 1.42. The number of benzene rings is 2. The molecule has 5 rings (SSSR count). The van der Waals surface area contributed by atoms with Crippen LogP contribution in [0.4, 0.5) is 5.69 Å². The maximum absolute atomic E-state index is 5.92. The molecule has 1 N–H and O–H groups in total. The molecule has 6 nitrogen and oxygen atoms in total. The van der Waals surface area contributed by atoms with Crippen molar-refractivity contribution in [2.24, 2.45) is 0 Å². The summed E-state index contributed by atoms with van der Waals surface area (Å²) >= 11 is 5.92. The highest BCUT2D eigenvalue weighted by atomic mass is 32.1. The van der Waals surface area contributed by atoms with Gasteiger partial charge in [-0.25, -0.2) is 0 Å².